The van der Waals surface area contributed by atoms with Crippen molar-refractivity contribution in [3.63, 3.8) is 0 Å². The molecule has 5 heteroatoms. The third kappa shape index (κ3) is 4.96. The van der Waals surface area contributed by atoms with Crippen molar-refractivity contribution in [3.8, 4) is 45.3 Å². The third-order valence-electron chi connectivity index (χ3n) is 11.4. The zero-order valence-electron chi connectivity index (χ0n) is 30.7. The van der Waals surface area contributed by atoms with E-state index in [0.29, 0.717) is 5.95 Å². The van der Waals surface area contributed by atoms with Gasteiger partial charge in [0.2, 0.25) is 5.95 Å². The van der Waals surface area contributed by atoms with Gasteiger partial charge >= 0.3 is 0 Å². The molecular formula is C52H32N4O. The van der Waals surface area contributed by atoms with Gasteiger partial charge in [0.1, 0.15) is 11.2 Å². The quantitative estimate of drug-likeness (QED) is 0.177. The average Bonchev–Trinajstić information content (AvgIpc) is 3.94. The van der Waals surface area contributed by atoms with Crippen LogP contribution in [0.1, 0.15) is 0 Å². The minimum Gasteiger partial charge on any atom is -0.456 e. The number of furan rings is 1. The zero-order chi connectivity index (χ0) is 37.5. The second kappa shape index (κ2) is 12.4. The van der Waals surface area contributed by atoms with Crippen molar-refractivity contribution in [1.29, 1.82) is 0 Å². The summed E-state index contributed by atoms with van der Waals surface area (Å²) in [5.41, 5.74) is 13.5. The van der Waals surface area contributed by atoms with E-state index in [1.54, 1.807) is 0 Å². The molecule has 0 bridgehead atoms. The summed E-state index contributed by atoms with van der Waals surface area (Å²) in [6.45, 7) is 0. The lowest BCUT2D eigenvalue weighted by molar-refractivity contribution is 0.669. The second-order valence-electron chi connectivity index (χ2n) is 14.6. The molecule has 12 rings (SSSR count). The summed E-state index contributed by atoms with van der Waals surface area (Å²) in [7, 11) is 0. The lowest BCUT2D eigenvalue weighted by atomic mass is 10.0. The summed E-state index contributed by atoms with van der Waals surface area (Å²) in [4.78, 5) is 10.5. The highest BCUT2D eigenvalue weighted by atomic mass is 16.3. The molecule has 0 radical (unpaired) electrons. The molecule has 0 unspecified atom stereocenters. The van der Waals surface area contributed by atoms with E-state index in [4.69, 9.17) is 14.4 Å². The minimum absolute atomic E-state index is 0.638. The van der Waals surface area contributed by atoms with Gasteiger partial charge in [0.05, 0.1) is 33.5 Å². The molecule has 8 aromatic carbocycles. The first kappa shape index (κ1) is 31.6. The van der Waals surface area contributed by atoms with Crippen molar-refractivity contribution < 1.29 is 4.42 Å². The van der Waals surface area contributed by atoms with Crippen molar-refractivity contribution >= 4 is 65.6 Å². The Kier molecular flexibility index (Phi) is 6.86. The summed E-state index contributed by atoms with van der Waals surface area (Å²) >= 11 is 0. The van der Waals surface area contributed by atoms with Gasteiger partial charge in [0.15, 0.2) is 0 Å². The van der Waals surface area contributed by atoms with E-state index >= 15 is 0 Å². The summed E-state index contributed by atoms with van der Waals surface area (Å²) in [5, 5.41) is 6.97. The number of aromatic nitrogens is 4. The Balaban J connectivity index is 1.05. The van der Waals surface area contributed by atoms with Gasteiger partial charge in [-0.25, -0.2) is 9.97 Å². The highest BCUT2D eigenvalue weighted by molar-refractivity contribution is 6.13. The summed E-state index contributed by atoms with van der Waals surface area (Å²) in [5.74, 6) is 0.638. The Bertz CT molecular complexity index is 3460. The lowest BCUT2D eigenvalue weighted by Gasteiger charge is -2.12. The van der Waals surface area contributed by atoms with Crippen molar-refractivity contribution in [1.82, 2.24) is 19.1 Å². The average molecular weight is 729 g/mol. The molecule has 0 amide bonds. The first-order valence-corrected chi connectivity index (χ1v) is 19.2. The van der Waals surface area contributed by atoms with Gasteiger partial charge in [-0.2, -0.15) is 0 Å². The highest BCUT2D eigenvalue weighted by Crippen LogP contribution is 2.39. The highest BCUT2D eigenvalue weighted by Gasteiger charge is 2.19. The molecule has 4 heterocycles. The van der Waals surface area contributed by atoms with Crippen LogP contribution in [0.3, 0.4) is 0 Å². The maximum absolute atomic E-state index is 6.18. The number of hydrogen-bond donors (Lipinski definition) is 0. The number of benzene rings is 8. The Labute approximate surface area is 327 Å². The Morgan fingerprint density at radius 3 is 1.60 bits per heavy atom. The fourth-order valence-electron chi connectivity index (χ4n) is 8.70. The van der Waals surface area contributed by atoms with Gasteiger partial charge < -0.3 is 8.98 Å². The Hall–Kier alpha value is -7.76. The number of nitrogens with zero attached hydrogens (tertiary/aromatic N) is 4. The van der Waals surface area contributed by atoms with E-state index < -0.39 is 0 Å². The van der Waals surface area contributed by atoms with Crippen molar-refractivity contribution in [2.45, 2.75) is 0 Å². The number of hydrogen-bond acceptors (Lipinski definition) is 3. The van der Waals surface area contributed by atoms with Crippen LogP contribution in [0, 0.1) is 0 Å². The third-order valence-corrected chi connectivity index (χ3v) is 11.4. The van der Waals surface area contributed by atoms with Gasteiger partial charge in [-0.05, 0) is 71.8 Å². The summed E-state index contributed by atoms with van der Waals surface area (Å²) in [6, 6.07) is 68.5. The van der Waals surface area contributed by atoms with Crippen LogP contribution in [0.2, 0.25) is 0 Å². The van der Waals surface area contributed by atoms with Crippen LogP contribution in [0.25, 0.3) is 111 Å². The van der Waals surface area contributed by atoms with E-state index in [9.17, 15) is 0 Å². The predicted molar refractivity (Wildman–Crippen MR) is 234 cm³/mol. The molecule has 0 aliphatic heterocycles. The molecule has 0 N–H and O–H groups in total. The largest absolute Gasteiger partial charge is 0.456 e. The maximum Gasteiger partial charge on any atom is 0.235 e. The van der Waals surface area contributed by atoms with Crippen molar-refractivity contribution in [2.75, 3.05) is 0 Å². The standard InChI is InChI=1S/C52H32N4O/c1-3-13-33(14-4-1)44-32-45(34-15-5-2-6-16-34)54-52(53-44)56-47-21-11-7-17-38(47)40-26-23-36(30-49(40)56)35-24-27-48-42(29-35)39-18-8-10-20-46(39)55(48)37-25-28-51-43(31-37)41-19-9-12-22-50(41)57-51/h1-32H. The van der Waals surface area contributed by atoms with E-state index in [1.165, 1.54) is 10.8 Å². The van der Waals surface area contributed by atoms with Crippen LogP contribution in [0.4, 0.5) is 0 Å². The van der Waals surface area contributed by atoms with Crippen LogP contribution in [-0.2, 0) is 0 Å². The van der Waals surface area contributed by atoms with Gasteiger partial charge in [0, 0.05) is 49.1 Å². The molecule has 0 aliphatic carbocycles. The molecule has 12 aromatic rings. The van der Waals surface area contributed by atoms with Gasteiger partial charge in [-0.1, -0.05) is 133 Å². The monoisotopic (exact) mass is 728 g/mol. The Morgan fingerprint density at radius 1 is 0.316 bits per heavy atom. The maximum atomic E-state index is 6.18. The normalized spacial score (nSPS) is 11.9. The number of rotatable bonds is 5. The fourth-order valence-corrected chi connectivity index (χ4v) is 8.70. The number of fused-ring (bicyclic) bond motifs is 9. The molecule has 266 valence electrons. The molecule has 4 aromatic heterocycles. The SMILES string of the molecule is c1ccc(-c2cc(-c3ccccc3)nc(-n3c4ccccc4c4ccc(-c5ccc6c(c5)c5ccccc5n6-c5ccc6oc7ccccc7c6c5)cc43)n2)cc1. The number of para-hydroxylation sites is 3. The van der Waals surface area contributed by atoms with Gasteiger partial charge in [0.25, 0.3) is 0 Å². The van der Waals surface area contributed by atoms with Crippen LogP contribution in [0.15, 0.2) is 199 Å². The van der Waals surface area contributed by atoms with E-state index in [2.05, 4.69) is 179 Å². The first-order chi connectivity index (χ1) is 28.2. The van der Waals surface area contributed by atoms with Crippen molar-refractivity contribution in [3.05, 3.63) is 194 Å². The molecule has 0 saturated heterocycles. The molecule has 5 nitrogen and oxygen atoms in total. The lowest BCUT2D eigenvalue weighted by Crippen LogP contribution is -2.04. The van der Waals surface area contributed by atoms with Crippen LogP contribution >= 0.6 is 0 Å². The smallest absolute Gasteiger partial charge is 0.235 e. The van der Waals surface area contributed by atoms with Crippen molar-refractivity contribution in [2.24, 2.45) is 0 Å². The van der Waals surface area contributed by atoms with E-state index in [-0.39, 0.29) is 0 Å². The van der Waals surface area contributed by atoms with Crippen LogP contribution in [-0.4, -0.2) is 19.1 Å². The topological polar surface area (TPSA) is 48.8 Å². The van der Waals surface area contributed by atoms with E-state index in [0.717, 1.165) is 94.1 Å². The molecular weight excluding hydrogens is 697 g/mol. The van der Waals surface area contributed by atoms with Gasteiger partial charge in [-0.3, -0.25) is 4.57 Å². The molecule has 0 fully saturated rings. The van der Waals surface area contributed by atoms with Crippen LogP contribution < -0.4 is 0 Å². The molecule has 0 spiro atoms. The minimum atomic E-state index is 0.638. The van der Waals surface area contributed by atoms with Crippen LogP contribution in [0.5, 0.6) is 0 Å². The Morgan fingerprint density at radius 2 is 0.860 bits per heavy atom. The summed E-state index contributed by atoms with van der Waals surface area (Å²) < 4.78 is 10.8. The molecule has 0 atom stereocenters. The molecule has 0 aliphatic rings. The molecule has 0 saturated carbocycles. The first-order valence-electron chi connectivity index (χ1n) is 19.2. The fraction of sp³-hybridized carbons (Fsp3) is 0. The molecule has 57 heavy (non-hydrogen) atoms. The zero-order valence-corrected chi connectivity index (χ0v) is 30.7. The summed E-state index contributed by atoms with van der Waals surface area (Å²) in [6.07, 6.45) is 0. The predicted octanol–water partition coefficient (Wildman–Crippen LogP) is 13.6. The van der Waals surface area contributed by atoms with Gasteiger partial charge in [-0.15, -0.1) is 0 Å². The van der Waals surface area contributed by atoms with E-state index in [1.807, 2.05) is 24.3 Å². The second-order valence-corrected chi connectivity index (χ2v) is 14.6.